The van der Waals surface area contributed by atoms with E-state index >= 15 is 0 Å². The van der Waals surface area contributed by atoms with Gasteiger partial charge in [-0.25, -0.2) is 0 Å². The van der Waals surface area contributed by atoms with E-state index in [0.717, 1.165) is 4.90 Å². The number of nitrogens with zero attached hydrogens (tertiary/aromatic N) is 1. The summed E-state index contributed by atoms with van der Waals surface area (Å²) in [5, 5.41) is 2.35. The van der Waals surface area contributed by atoms with E-state index in [1.54, 1.807) is 38.3 Å². The Morgan fingerprint density at radius 1 is 1.38 bits per heavy atom. The smallest absolute Gasteiger partial charge is 0.244 e. The molecule has 0 unspecified atom stereocenters. The Bertz CT molecular complexity index is 559. The molecule has 1 aromatic carbocycles. The number of carbonyl (C=O) groups excluding carboxylic acids is 3. The number of imide groups is 1. The van der Waals surface area contributed by atoms with Gasteiger partial charge in [-0.1, -0.05) is 0 Å². The zero-order chi connectivity index (χ0) is 15.4. The SMILES string of the molecule is COc1ccc(NC(=O)CN2C(=O)CS[C@@H](C)C2=O)cc1. The Kier molecular flexibility index (Phi) is 4.85. The molecular weight excluding hydrogens is 292 g/mol. The van der Waals surface area contributed by atoms with Crippen molar-refractivity contribution in [3.8, 4) is 5.75 Å². The Labute approximate surface area is 126 Å². The molecule has 0 bridgehead atoms. The highest BCUT2D eigenvalue weighted by Gasteiger charge is 2.33. The number of nitrogens with one attached hydrogen (secondary N) is 1. The molecule has 1 aliphatic heterocycles. The average molecular weight is 308 g/mol. The van der Waals surface area contributed by atoms with E-state index in [0.29, 0.717) is 11.4 Å². The number of benzene rings is 1. The number of carbonyl (C=O) groups is 3. The monoisotopic (exact) mass is 308 g/mol. The lowest BCUT2D eigenvalue weighted by molar-refractivity contribution is -0.145. The van der Waals surface area contributed by atoms with Crippen molar-refractivity contribution in [2.24, 2.45) is 0 Å². The lowest BCUT2D eigenvalue weighted by atomic mass is 10.3. The Morgan fingerprint density at radius 3 is 2.67 bits per heavy atom. The van der Waals surface area contributed by atoms with Gasteiger partial charge in [0.1, 0.15) is 12.3 Å². The molecule has 21 heavy (non-hydrogen) atoms. The van der Waals surface area contributed by atoms with Crippen molar-refractivity contribution >= 4 is 35.2 Å². The van der Waals surface area contributed by atoms with Gasteiger partial charge in [-0.15, -0.1) is 11.8 Å². The number of methoxy groups -OCH3 is 1. The summed E-state index contributed by atoms with van der Waals surface area (Å²) in [6.07, 6.45) is 0. The van der Waals surface area contributed by atoms with Gasteiger partial charge in [-0.2, -0.15) is 0 Å². The number of amides is 3. The molecule has 1 fully saturated rings. The minimum absolute atomic E-state index is 0.225. The first-order valence-electron chi connectivity index (χ1n) is 6.41. The third-order valence-corrected chi connectivity index (χ3v) is 4.16. The van der Waals surface area contributed by atoms with Crippen molar-refractivity contribution < 1.29 is 19.1 Å². The molecule has 1 aromatic rings. The lowest BCUT2D eigenvalue weighted by Gasteiger charge is -2.27. The van der Waals surface area contributed by atoms with E-state index in [4.69, 9.17) is 4.74 Å². The summed E-state index contributed by atoms with van der Waals surface area (Å²) in [5.41, 5.74) is 0.583. The molecule has 1 N–H and O–H groups in total. The van der Waals surface area contributed by atoms with Crippen LogP contribution in [0.3, 0.4) is 0 Å². The molecule has 0 aromatic heterocycles. The molecular formula is C14H16N2O4S. The summed E-state index contributed by atoms with van der Waals surface area (Å²) in [6.45, 7) is 1.47. The number of anilines is 1. The number of hydrogen-bond acceptors (Lipinski definition) is 5. The Hall–Kier alpha value is -2.02. The Balaban J connectivity index is 1.97. The van der Waals surface area contributed by atoms with Gasteiger partial charge in [-0.3, -0.25) is 19.3 Å². The van der Waals surface area contributed by atoms with Crippen molar-refractivity contribution in [2.75, 3.05) is 24.7 Å². The summed E-state index contributed by atoms with van der Waals surface area (Å²) in [4.78, 5) is 36.6. The number of rotatable bonds is 4. The molecule has 0 spiro atoms. The van der Waals surface area contributed by atoms with Crippen LogP contribution in [-0.4, -0.2) is 47.3 Å². The van der Waals surface area contributed by atoms with Gasteiger partial charge in [0.05, 0.1) is 18.1 Å². The molecule has 6 nitrogen and oxygen atoms in total. The molecule has 1 saturated heterocycles. The van der Waals surface area contributed by atoms with Gasteiger partial charge in [0.2, 0.25) is 17.7 Å². The second kappa shape index (κ2) is 6.62. The van der Waals surface area contributed by atoms with Crippen LogP contribution in [0.2, 0.25) is 0 Å². The standard InChI is InChI=1S/C14H16N2O4S/c1-9-14(19)16(13(18)8-21-9)7-12(17)15-10-3-5-11(20-2)6-4-10/h3-6,9H,7-8H2,1-2H3,(H,15,17)/t9-/m0/s1. The molecule has 3 amide bonds. The van der Waals surface area contributed by atoms with Crippen LogP contribution >= 0.6 is 11.8 Å². The van der Waals surface area contributed by atoms with Crippen molar-refractivity contribution in [1.82, 2.24) is 4.90 Å². The van der Waals surface area contributed by atoms with Crippen LogP contribution in [0.15, 0.2) is 24.3 Å². The zero-order valence-electron chi connectivity index (χ0n) is 11.8. The fraction of sp³-hybridized carbons (Fsp3) is 0.357. The van der Waals surface area contributed by atoms with Crippen LogP contribution in [0, 0.1) is 0 Å². The van der Waals surface area contributed by atoms with Crippen LogP contribution in [0.5, 0.6) is 5.75 Å². The molecule has 0 saturated carbocycles. The number of thioether (sulfide) groups is 1. The van der Waals surface area contributed by atoms with Crippen molar-refractivity contribution in [3.05, 3.63) is 24.3 Å². The molecule has 1 atom stereocenters. The fourth-order valence-corrected chi connectivity index (χ4v) is 2.69. The maximum Gasteiger partial charge on any atom is 0.244 e. The quantitative estimate of drug-likeness (QED) is 0.844. The first-order valence-corrected chi connectivity index (χ1v) is 7.46. The summed E-state index contributed by atoms with van der Waals surface area (Å²) >= 11 is 1.29. The summed E-state index contributed by atoms with van der Waals surface area (Å²) < 4.78 is 5.02. The number of hydrogen-bond donors (Lipinski definition) is 1. The highest BCUT2D eigenvalue weighted by molar-refractivity contribution is 8.01. The van der Waals surface area contributed by atoms with E-state index < -0.39 is 5.91 Å². The summed E-state index contributed by atoms with van der Waals surface area (Å²) in [5.74, 6) is -0.141. The Morgan fingerprint density at radius 2 is 2.05 bits per heavy atom. The van der Waals surface area contributed by atoms with Crippen molar-refractivity contribution in [3.63, 3.8) is 0 Å². The van der Waals surface area contributed by atoms with E-state index in [1.807, 2.05) is 0 Å². The van der Waals surface area contributed by atoms with E-state index in [1.165, 1.54) is 11.8 Å². The van der Waals surface area contributed by atoms with Crippen LogP contribution in [0.4, 0.5) is 5.69 Å². The molecule has 0 aliphatic carbocycles. The predicted octanol–water partition coefficient (Wildman–Crippen LogP) is 1.12. The summed E-state index contributed by atoms with van der Waals surface area (Å²) in [6, 6.07) is 6.81. The van der Waals surface area contributed by atoms with Gasteiger partial charge in [0.25, 0.3) is 0 Å². The van der Waals surface area contributed by atoms with Gasteiger partial charge >= 0.3 is 0 Å². The minimum atomic E-state index is -0.402. The van der Waals surface area contributed by atoms with Crippen LogP contribution < -0.4 is 10.1 Å². The van der Waals surface area contributed by atoms with E-state index in [-0.39, 0.29) is 29.4 Å². The highest BCUT2D eigenvalue weighted by Crippen LogP contribution is 2.20. The maximum atomic E-state index is 11.9. The topological polar surface area (TPSA) is 75.7 Å². The maximum absolute atomic E-state index is 11.9. The molecule has 0 radical (unpaired) electrons. The van der Waals surface area contributed by atoms with Crippen molar-refractivity contribution in [2.45, 2.75) is 12.2 Å². The molecule has 2 rings (SSSR count). The van der Waals surface area contributed by atoms with Gasteiger partial charge in [0.15, 0.2) is 0 Å². The van der Waals surface area contributed by atoms with Gasteiger partial charge in [0, 0.05) is 5.69 Å². The molecule has 1 aliphatic rings. The van der Waals surface area contributed by atoms with E-state index in [2.05, 4.69) is 5.32 Å². The molecule has 1 heterocycles. The average Bonchev–Trinajstić information content (AvgIpc) is 2.48. The van der Waals surface area contributed by atoms with Crippen LogP contribution in [0.25, 0.3) is 0 Å². The first kappa shape index (κ1) is 15.4. The van der Waals surface area contributed by atoms with Crippen LogP contribution in [0.1, 0.15) is 6.92 Å². The van der Waals surface area contributed by atoms with Gasteiger partial charge < -0.3 is 10.1 Å². The first-order chi connectivity index (χ1) is 10.0. The van der Waals surface area contributed by atoms with Gasteiger partial charge in [-0.05, 0) is 31.2 Å². The number of ether oxygens (including phenoxy) is 1. The molecule has 7 heteroatoms. The second-order valence-corrected chi connectivity index (χ2v) is 5.88. The predicted molar refractivity (Wildman–Crippen MR) is 80.3 cm³/mol. The largest absolute Gasteiger partial charge is 0.497 e. The third kappa shape index (κ3) is 3.75. The molecule has 112 valence electrons. The third-order valence-electron chi connectivity index (χ3n) is 3.05. The van der Waals surface area contributed by atoms with Crippen molar-refractivity contribution in [1.29, 1.82) is 0 Å². The zero-order valence-corrected chi connectivity index (χ0v) is 12.6. The van der Waals surface area contributed by atoms with Crippen LogP contribution in [-0.2, 0) is 14.4 Å². The normalized spacial score (nSPS) is 18.6. The lowest BCUT2D eigenvalue weighted by Crippen LogP contribution is -2.49. The van der Waals surface area contributed by atoms with E-state index in [9.17, 15) is 14.4 Å². The summed E-state index contributed by atoms with van der Waals surface area (Å²) in [7, 11) is 1.56. The fourth-order valence-electron chi connectivity index (χ4n) is 1.87. The second-order valence-electron chi connectivity index (χ2n) is 4.55. The highest BCUT2D eigenvalue weighted by atomic mass is 32.2. The minimum Gasteiger partial charge on any atom is -0.497 e.